The number of carbonyl (C=O) groups excluding carboxylic acids is 2. The van der Waals surface area contributed by atoms with Gasteiger partial charge in [-0.1, -0.05) is 37.8 Å². The maximum absolute atomic E-state index is 12.7. The Morgan fingerprint density at radius 1 is 1.32 bits per heavy atom. The summed E-state index contributed by atoms with van der Waals surface area (Å²) in [5.41, 5.74) is 0.565. The number of Topliss-reactive ketones (excluding diaryl/α,β-unsaturated/α-hetero) is 1. The molecule has 0 saturated heterocycles. The van der Waals surface area contributed by atoms with E-state index < -0.39 is 16.5 Å². The van der Waals surface area contributed by atoms with Crippen LogP contribution < -0.4 is 0 Å². The lowest BCUT2D eigenvalue weighted by Gasteiger charge is -2.25. The van der Waals surface area contributed by atoms with Crippen molar-refractivity contribution >= 4 is 35.2 Å². The minimum atomic E-state index is -1.80. The number of nitrogens with zero attached hydrogens (tertiary/aromatic N) is 1. The standard InChI is InChI=1S/C17H17NO3S/c1-4-11(2)15(19)17(22,16(20)21-3)14-13-8-6-5-7-12(13)9-10-18-14/h5-10,22H,2,4H2,1,3H3. The number of benzene rings is 1. The van der Waals surface area contributed by atoms with Gasteiger partial charge in [0.15, 0.2) is 5.78 Å². The van der Waals surface area contributed by atoms with Crippen molar-refractivity contribution in [2.75, 3.05) is 7.11 Å². The summed E-state index contributed by atoms with van der Waals surface area (Å²) in [6, 6.07) is 9.18. The molecule has 22 heavy (non-hydrogen) atoms. The fourth-order valence-corrected chi connectivity index (χ4v) is 2.70. The largest absolute Gasteiger partial charge is 0.467 e. The zero-order valence-corrected chi connectivity index (χ0v) is 13.4. The van der Waals surface area contributed by atoms with Gasteiger partial charge < -0.3 is 4.74 Å². The van der Waals surface area contributed by atoms with E-state index >= 15 is 0 Å². The highest BCUT2D eigenvalue weighted by Crippen LogP contribution is 2.36. The van der Waals surface area contributed by atoms with Gasteiger partial charge in [-0.05, 0) is 23.4 Å². The third kappa shape index (κ3) is 2.52. The highest BCUT2D eigenvalue weighted by Gasteiger charge is 2.48. The summed E-state index contributed by atoms with van der Waals surface area (Å²) in [6.45, 7) is 5.52. The van der Waals surface area contributed by atoms with E-state index in [4.69, 9.17) is 4.74 Å². The van der Waals surface area contributed by atoms with Crippen LogP contribution in [-0.2, 0) is 19.1 Å². The Bertz CT molecular complexity index is 751. The normalized spacial score (nSPS) is 13.4. The lowest BCUT2D eigenvalue weighted by Crippen LogP contribution is -2.41. The summed E-state index contributed by atoms with van der Waals surface area (Å²) in [5.74, 6) is -1.26. The molecule has 0 aliphatic heterocycles. The van der Waals surface area contributed by atoms with Crippen molar-refractivity contribution in [1.82, 2.24) is 4.98 Å². The summed E-state index contributed by atoms with van der Waals surface area (Å²) in [7, 11) is 1.22. The molecule has 1 aromatic heterocycles. The Kier molecular flexibility index (Phi) is 4.66. The Hall–Kier alpha value is -2.14. The van der Waals surface area contributed by atoms with Gasteiger partial charge in [0.25, 0.3) is 0 Å². The average molecular weight is 315 g/mol. The molecule has 2 rings (SSSR count). The van der Waals surface area contributed by atoms with Crippen molar-refractivity contribution in [3.8, 4) is 0 Å². The molecule has 0 bridgehead atoms. The van der Waals surface area contributed by atoms with Crippen molar-refractivity contribution in [2.45, 2.75) is 18.1 Å². The minimum Gasteiger partial charge on any atom is -0.467 e. The van der Waals surface area contributed by atoms with Gasteiger partial charge in [-0.2, -0.15) is 0 Å². The Labute approximate surface area is 134 Å². The van der Waals surface area contributed by atoms with Crippen LogP contribution in [0.5, 0.6) is 0 Å². The van der Waals surface area contributed by atoms with Crippen LogP contribution in [-0.4, -0.2) is 23.8 Å². The number of esters is 1. The minimum absolute atomic E-state index is 0.264. The van der Waals surface area contributed by atoms with Crippen LogP contribution in [0, 0.1) is 0 Å². The topological polar surface area (TPSA) is 56.3 Å². The molecule has 2 aromatic rings. The van der Waals surface area contributed by atoms with Crippen molar-refractivity contribution in [3.05, 3.63) is 54.4 Å². The molecule has 0 radical (unpaired) electrons. The average Bonchev–Trinajstić information content (AvgIpc) is 2.58. The van der Waals surface area contributed by atoms with Crippen LogP contribution in [0.3, 0.4) is 0 Å². The molecule has 114 valence electrons. The van der Waals surface area contributed by atoms with Crippen LogP contribution in [0.2, 0.25) is 0 Å². The molecule has 0 saturated carbocycles. The molecule has 1 unspecified atom stereocenters. The number of allylic oxidation sites excluding steroid dienone is 1. The van der Waals surface area contributed by atoms with Crippen LogP contribution in [0.15, 0.2) is 48.7 Å². The van der Waals surface area contributed by atoms with Gasteiger partial charge in [-0.3, -0.25) is 9.78 Å². The number of hydrogen-bond acceptors (Lipinski definition) is 5. The first-order chi connectivity index (χ1) is 10.5. The maximum Gasteiger partial charge on any atom is 0.336 e. The summed E-state index contributed by atoms with van der Waals surface area (Å²) < 4.78 is 3.01. The van der Waals surface area contributed by atoms with Gasteiger partial charge in [0, 0.05) is 11.6 Å². The summed E-state index contributed by atoms with van der Waals surface area (Å²) in [4.78, 5) is 29.3. The van der Waals surface area contributed by atoms with E-state index in [1.165, 1.54) is 7.11 Å². The van der Waals surface area contributed by atoms with Crippen molar-refractivity contribution in [1.29, 1.82) is 0 Å². The number of ether oxygens (including phenoxy) is 1. The number of aromatic nitrogens is 1. The third-order valence-electron chi connectivity index (χ3n) is 3.57. The van der Waals surface area contributed by atoms with Gasteiger partial charge in [0.1, 0.15) is 0 Å². The number of ketones is 1. The fourth-order valence-electron chi connectivity index (χ4n) is 2.27. The summed E-state index contributed by atoms with van der Waals surface area (Å²) in [5, 5.41) is 1.55. The van der Waals surface area contributed by atoms with Gasteiger partial charge in [-0.15, -0.1) is 12.6 Å². The molecule has 1 heterocycles. The Morgan fingerprint density at radius 2 is 2.00 bits per heavy atom. The lowest BCUT2D eigenvalue weighted by atomic mass is 9.89. The Morgan fingerprint density at radius 3 is 2.64 bits per heavy atom. The third-order valence-corrected chi connectivity index (χ3v) is 4.17. The van der Waals surface area contributed by atoms with E-state index in [0.717, 1.165) is 5.39 Å². The zero-order chi connectivity index (χ0) is 16.3. The predicted molar refractivity (Wildman–Crippen MR) is 88.9 cm³/mol. The van der Waals surface area contributed by atoms with Gasteiger partial charge in [0.2, 0.25) is 4.75 Å². The second kappa shape index (κ2) is 6.32. The number of hydrogen-bond donors (Lipinski definition) is 1. The number of carbonyl (C=O) groups is 2. The molecule has 4 nitrogen and oxygen atoms in total. The zero-order valence-electron chi connectivity index (χ0n) is 12.5. The Balaban J connectivity index is 2.76. The van der Waals surface area contributed by atoms with Crippen molar-refractivity contribution < 1.29 is 14.3 Å². The number of fused-ring (bicyclic) bond motifs is 1. The highest BCUT2D eigenvalue weighted by molar-refractivity contribution is 7.83. The second-order valence-electron chi connectivity index (χ2n) is 4.87. The first kappa shape index (κ1) is 16.2. The smallest absolute Gasteiger partial charge is 0.336 e. The van der Waals surface area contributed by atoms with Gasteiger partial charge in [-0.25, -0.2) is 4.79 Å². The number of thiol groups is 1. The van der Waals surface area contributed by atoms with Gasteiger partial charge in [0.05, 0.1) is 12.8 Å². The molecular formula is C17H17NO3S. The van der Waals surface area contributed by atoms with E-state index in [-0.39, 0.29) is 5.69 Å². The van der Waals surface area contributed by atoms with Crippen LogP contribution >= 0.6 is 12.6 Å². The van der Waals surface area contributed by atoms with Crippen molar-refractivity contribution in [2.24, 2.45) is 0 Å². The summed E-state index contributed by atoms with van der Waals surface area (Å²) >= 11 is 4.40. The number of rotatable bonds is 5. The maximum atomic E-state index is 12.7. The molecule has 5 heteroatoms. The monoisotopic (exact) mass is 315 g/mol. The molecule has 0 amide bonds. The van der Waals surface area contributed by atoms with Gasteiger partial charge >= 0.3 is 5.97 Å². The van der Waals surface area contributed by atoms with Crippen LogP contribution in [0.25, 0.3) is 10.8 Å². The first-order valence-corrected chi connectivity index (χ1v) is 7.29. The predicted octanol–water partition coefficient (Wildman–Crippen LogP) is 3.07. The number of methoxy groups -OCH3 is 1. The fraction of sp³-hybridized carbons (Fsp3) is 0.235. The molecule has 1 atom stereocenters. The van der Waals surface area contributed by atoms with E-state index in [1.54, 1.807) is 19.2 Å². The first-order valence-electron chi connectivity index (χ1n) is 6.84. The number of pyridine rings is 1. The van der Waals surface area contributed by atoms with E-state index in [1.807, 2.05) is 24.3 Å². The van der Waals surface area contributed by atoms with Crippen LogP contribution in [0.1, 0.15) is 19.0 Å². The van der Waals surface area contributed by atoms with Crippen LogP contribution in [0.4, 0.5) is 0 Å². The summed E-state index contributed by atoms with van der Waals surface area (Å²) in [6.07, 6.45) is 1.97. The van der Waals surface area contributed by atoms with E-state index in [9.17, 15) is 9.59 Å². The molecule has 0 aliphatic rings. The molecule has 0 fully saturated rings. The molecule has 0 aliphatic carbocycles. The van der Waals surface area contributed by atoms with Crippen molar-refractivity contribution in [3.63, 3.8) is 0 Å². The molecule has 1 aromatic carbocycles. The van der Waals surface area contributed by atoms with E-state index in [2.05, 4.69) is 24.2 Å². The highest BCUT2D eigenvalue weighted by atomic mass is 32.1. The quantitative estimate of drug-likeness (QED) is 0.399. The van der Waals surface area contributed by atoms with E-state index in [0.29, 0.717) is 17.4 Å². The second-order valence-corrected chi connectivity index (χ2v) is 5.54. The SMILES string of the molecule is C=C(CC)C(=O)C(S)(C(=O)OC)c1nccc2ccccc12. The lowest BCUT2D eigenvalue weighted by molar-refractivity contribution is -0.146. The molecular weight excluding hydrogens is 298 g/mol. The molecule has 0 N–H and O–H groups in total. The molecule has 0 spiro atoms.